The van der Waals surface area contributed by atoms with E-state index < -0.39 is 0 Å². The second-order valence-electron chi connectivity index (χ2n) is 12.3. The van der Waals surface area contributed by atoms with Gasteiger partial charge in [0.05, 0.1) is 22.4 Å². The number of ether oxygens (including phenoxy) is 1. The fourth-order valence-corrected chi connectivity index (χ4v) is 7.21. The van der Waals surface area contributed by atoms with Crippen molar-refractivity contribution in [3.8, 4) is 22.8 Å². The van der Waals surface area contributed by atoms with E-state index in [2.05, 4.69) is 91.2 Å². The second kappa shape index (κ2) is 9.59. The molecular formula is C39H30N6O. The molecule has 3 aromatic carbocycles. The van der Waals surface area contributed by atoms with E-state index in [9.17, 15) is 0 Å². The summed E-state index contributed by atoms with van der Waals surface area (Å²) >= 11 is 0. The lowest BCUT2D eigenvalue weighted by molar-refractivity contribution is 0.484. The molecule has 222 valence electrons. The minimum absolute atomic E-state index is 0.727. The van der Waals surface area contributed by atoms with E-state index in [-0.39, 0.29) is 0 Å². The van der Waals surface area contributed by atoms with Crippen LogP contribution in [-0.4, -0.2) is 28.7 Å². The number of benzene rings is 3. The van der Waals surface area contributed by atoms with Crippen molar-refractivity contribution in [2.45, 2.75) is 34.6 Å². The van der Waals surface area contributed by atoms with Gasteiger partial charge in [-0.25, -0.2) is 15.0 Å². The minimum atomic E-state index is 0.727. The van der Waals surface area contributed by atoms with Crippen molar-refractivity contribution < 1.29 is 4.74 Å². The summed E-state index contributed by atoms with van der Waals surface area (Å²) in [7, 11) is 0. The number of aryl methyl sites for hydroxylation is 5. The fraction of sp³-hybridized carbons (Fsp3) is 0.128. The first-order valence-corrected chi connectivity index (χ1v) is 15.5. The number of hydrogen-bond acceptors (Lipinski definition) is 5. The molecule has 9 rings (SSSR count). The Morgan fingerprint density at radius 2 is 1.30 bits per heavy atom. The molecular weight excluding hydrogens is 568 g/mol. The Hall–Kier alpha value is -5.82. The van der Waals surface area contributed by atoms with Gasteiger partial charge >= 0.3 is 0 Å². The van der Waals surface area contributed by atoms with Crippen LogP contribution >= 0.6 is 0 Å². The quantitative estimate of drug-likeness (QED) is 0.190. The van der Waals surface area contributed by atoms with Crippen molar-refractivity contribution in [2.24, 2.45) is 0 Å². The van der Waals surface area contributed by atoms with Crippen LogP contribution in [0.15, 0.2) is 91.4 Å². The van der Waals surface area contributed by atoms with Crippen LogP contribution in [-0.2, 0) is 0 Å². The van der Waals surface area contributed by atoms with Crippen molar-refractivity contribution in [3.63, 3.8) is 0 Å². The summed E-state index contributed by atoms with van der Waals surface area (Å²) in [6.07, 6.45) is 5.82. The molecule has 0 atom stereocenters. The fourth-order valence-electron chi connectivity index (χ4n) is 7.21. The van der Waals surface area contributed by atoms with Gasteiger partial charge in [-0.2, -0.15) is 0 Å². The first-order chi connectivity index (χ1) is 22.4. The van der Waals surface area contributed by atoms with Gasteiger partial charge in [0.15, 0.2) is 0 Å². The number of nitrogens with zero attached hydrogens (tertiary/aromatic N) is 6. The van der Waals surface area contributed by atoms with Gasteiger partial charge in [-0.3, -0.25) is 13.8 Å². The normalized spacial score (nSPS) is 12.0. The third kappa shape index (κ3) is 3.78. The van der Waals surface area contributed by atoms with Gasteiger partial charge in [0.1, 0.15) is 28.4 Å². The van der Waals surface area contributed by atoms with Crippen molar-refractivity contribution in [1.82, 2.24) is 28.7 Å². The highest BCUT2D eigenvalue weighted by atomic mass is 16.5. The summed E-state index contributed by atoms with van der Waals surface area (Å²) in [4.78, 5) is 19.7. The number of rotatable bonds is 3. The second-order valence-corrected chi connectivity index (χ2v) is 12.3. The predicted molar refractivity (Wildman–Crippen MR) is 185 cm³/mol. The molecule has 7 heteroatoms. The predicted octanol–water partition coefficient (Wildman–Crippen LogP) is 9.39. The summed E-state index contributed by atoms with van der Waals surface area (Å²) < 4.78 is 10.9. The van der Waals surface area contributed by atoms with Crippen LogP contribution in [0.3, 0.4) is 0 Å². The third-order valence-corrected chi connectivity index (χ3v) is 9.27. The molecule has 9 aromatic rings. The Morgan fingerprint density at radius 3 is 2.09 bits per heavy atom. The molecule has 7 nitrogen and oxygen atoms in total. The first kappa shape index (κ1) is 26.6. The lowest BCUT2D eigenvalue weighted by Gasteiger charge is -2.12. The zero-order chi connectivity index (χ0) is 31.3. The van der Waals surface area contributed by atoms with Gasteiger partial charge < -0.3 is 4.74 Å². The van der Waals surface area contributed by atoms with Crippen LogP contribution in [0, 0.1) is 34.6 Å². The molecule has 0 N–H and O–H groups in total. The standard InChI is InChI=1S/C39H30N6O/c1-21-16-22(2)35(23(3)17-21)33-20-44-34-9-7-14-40-36(34)29-13-11-27(19-32(29)38(44)43-33)46-26-10-12-28-30-8-6-15-41-37(30)45-25(5)24(4)42-39(45)31(28)18-26/h6-20H,1-5H3. The van der Waals surface area contributed by atoms with E-state index >= 15 is 0 Å². The SMILES string of the molecule is Cc1cc(C)c(-c2cn3c4cccnc4c4ccc(Oc5ccc6c7cccnc7n7c(C)c(C)nc7c6c5)cc4c3n2)c(C)c1. The number of pyridine rings is 4. The molecule has 0 bridgehead atoms. The van der Waals surface area contributed by atoms with E-state index in [1.165, 1.54) is 22.3 Å². The molecule has 0 aliphatic heterocycles. The molecule has 0 saturated heterocycles. The maximum absolute atomic E-state index is 6.59. The number of imidazole rings is 2. The molecule has 0 aliphatic rings. The van der Waals surface area contributed by atoms with E-state index in [4.69, 9.17) is 24.7 Å². The van der Waals surface area contributed by atoms with E-state index in [1.807, 2.05) is 43.6 Å². The van der Waals surface area contributed by atoms with Crippen LogP contribution in [0.25, 0.3) is 66.2 Å². The Labute approximate surface area is 264 Å². The van der Waals surface area contributed by atoms with Gasteiger partial charge in [-0.15, -0.1) is 0 Å². The molecule has 0 radical (unpaired) electrons. The van der Waals surface area contributed by atoms with Crippen LogP contribution < -0.4 is 4.74 Å². The molecule has 0 aliphatic carbocycles. The summed E-state index contributed by atoms with van der Waals surface area (Å²) in [6.45, 7) is 10.6. The average molecular weight is 599 g/mol. The van der Waals surface area contributed by atoms with Crippen molar-refractivity contribution >= 4 is 54.9 Å². The summed E-state index contributed by atoms with van der Waals surface area (Å²) in [6, 6.07) is 25.0. The highest BCUT2D eigenvalue weighted by Crippen LogP contribution is 2.37. The summed E-state index contributed by atoms with van der Waals surface area (Å²) in [5, 5.41) is 5.22. The molecule has 0 fully saturated rings. The third-order valence-electron chi connectivity index (χ3n) is 9.27. The molecule has 0 spiro atoms. The molecule has 0 unspecified atom stereocenters. The molecule has 0 amide bonds. The number of fused-ring (bicyclic) bond motifs is 12. The number of aromatic nitrogens is 6. The lowest BCUT2D eigenvalue weighted by Crippen LogP contribution is -1.96. The number of hydrogen-bond donors (Lipinski definition) is 0. The van der Waals surface area contributed by atoms with Crippen molar-refractivity contribution in [1.29, 1.82) is 0 Å². The largest absolute Gasteiger partial charge is 0.457 e. The lowest BCUT2D eigenvalue weighted by atomic mass is 9.98. The zero-order valence-corrected chi connectivity index (χ0v) is 26.3. The molecule has 46 heavy (non-hydrogen) atoms. The molecule has 6 heterocycles. The highest BCUT2D eigenvalue weighted by molar-refractivity contribution is 6.12. The molecule has 6 aromatic heterocycles. The van der Waals surface area contributed by atoms with E-state index in [0.717, 1.165) is 83.5 Å². The van der Waals surface area contributed by atoms with Gasteiger partial charge in [-0.1, -0.05) is 17.7 Å². The van der Waals surface area contributed by atoms with Gasteiger partial charge in [-0.05, 0) is 112 Å². The summed E-state index contributed by atoms with van der Waals surface area (Å²) in [5.41, 5.74) is 12.5. The first-order valence-electron chi connectivity index (χ1n) is 15.5. The van der Waals surface area contributed by atoms with Crippen molar-refractivity contribution in [3.05, 3.63) is 119 Å². The summed E-state index contributed by atoms with van der Waals surface area (Å²) in [5.74, 6) is 1.46. The Balaban J connectivity index is 1.23. The van der Waals surface area contributed by atoms with E-state index in [0.29, 0.717) is 0 Å². The van der Waals surface area contributed by atoms with Gasteiger partial charge in [0.25, 0.3) is 0 Å². The monoisotopic (exact) mass is 598 g/mol. The smallest absolute Gasteiger partial charge is 0.146 e. The minimum Gasteiger partial charge on any atom is -0.457 e. The van der Waals surface area contributed by atoms with E-state index in [1.54, 1.807) is 0 Å². The maximum atomic E-state index is 6.59. The average Bonchev–Trinajstić information content (AvgIpc) is 3.62. The van der Waals surface area contributed by atoms with Crippen LogP contribution in [0.1, 0.15) is 28.1 Å². The van der Waals surface area contributed by atoms with Crippen LogP contribution in [0.5, 0.6) is 11.5 Å². The van der Waals surface area contributed by atoms with Crippen LogP contribution in [0.4, 0.5) is 0 Å². The highest BCUT2D eigenvalue weighted by Gasteiger charge is 2.18. The topological polar surface area (TPSA) is 69.6 Å². The van der Waals surface area contributed by atoms with Gasteiger partial charge in [0.2, 0.25) is 0 Å². The van der Waals surface area contributed by atoms with Gasteiger partial charge in [0, 0.05) is 51.4 Å². The Kier molecular flexibility index (Phi) is 5.54. The molecule has 0 saturated carbocycles. The maximum Gasteiger partial charge on any atom is 0.146 e. The Morgan fingerprint density at radius 1 is 0.609 bits per heavy atom. The zero-order valence-electron chi connectivity index (χ0n) is 26.3. The Bertz CT molecular complexity index is 2710. The van der Waals surface area contributed by atoms with Crippen molar-refractivity contribution in [2.75, 3.05) is 0 Å². The van der Waals surface area contributed by atoms with Crippen LogP contribution in [0.2, 0.25) is 0 Å².